The van der Waals surface area contributed by atoms with E-state index in [0.717, 1.165) is 28.7 Å². The molecule has 0 unspecified atom stereocenters. The fourth-order valence-electron chi connectivity index (χ4n) is 2.52. The first-order valence-corrected chi connectivity index (χ1v) is 8.94. The van der Waals surface area contributed by atoms with E-state index >= 15 is 0 Å². The van der Waals surface area contributed by atoms with Gasteiger partial charge < -0.3 is 20.1 Å². The van der Waals surface area contributed by atoms with Crippen molar-refractivity contribution in [1.29, 1.82) is 0 Å². The predicted molar refractivity (Wildman–Crippen MR) is 108 cm³/mol. The average molecular weight is 380 g/mol. The number of hydrogen-bond donors (Lipinski definition) is 2. The predicted octanol–water partition coefficient (Wildman–Crippen LogP) is 2.02. The zero-order chi connectivity index (χ0) is 19.6. The van der Waals surface area contributed by atoms with E-state index in [9.17, 15) is 0 Å². The molecule has 0 atom stereocenters. The summed E-state index contributed by atoms with van der Waals surface area (Å²) in [5, 5.41) is 10.6. The van der Waals surface area contributed by atoms with Crippen molar-refractivity contribution in [1.82, 2.24) is 25.4 Å². The molecular weight excluding hydrogens is 356 g/mol. The lowest BCUT2D eigenvalue weighted by molar-refractivity contribution is 0.321. The first-order chi connectivity index (χ1) is 13.8. The molecule has 0 spiro atoms. The molecule has 1 heterocycles. The van der Waals surface area contributed by atoms with Crippen molar-refractivity contribution in [3.05, 3.63) is 66.7 Å². The Balaban J connectivity index is 1.39. The second-order valence-corrected chi connectivity index (χ2v) is 5.88. The summed E-state index contributed by atoms with van der Waals surface area (Å²) in [6.07, 6.45) is 3.19. The Morgan fingerprint density at radius 3 is 2.43 bits per heavy atom. The highest BCUT2D eigenvalue weighted by Gasteiger charge is 2.01. The summed E-state index contributed by atoms with van der Waals surface area (Å²) in [6.45, 7) is 1.83. The standard InChI is InChI=1S/C20H24N6O2/c1-21-20(23-11-12-28-19-9-7-18(27-2)8-10-19)24-13-16-3-5-17(6-4-16)26-15-22-14-25-26/h3-10,14-15H,11-13H2,1-2H3,(H2,21,23,24). The van der Waals surface area contributed by atoms with Gasteiger partial charge in [0.05, 0.1) is 19.3 Å². The van der Waals surface area contributed by atoms with E-state index in [0.29, 0.717) is 19.7 Å². The Hall–Kier alpha value is -3.55. The van der Waals surface area contributed by atoms with Crippen LogP contribution in [0.2, 0.25) is 0 Å². The zero-order valence-electron chi connectivity index (χ0n) is 16.0. The molecule has 3 rings (SSSR count). The maximum atomic E-state index is 5.70. The Bertz CT molecular complexity index is 861. The van der Waals surface area contributed by atoms with E-state index in [1.807, 2.05) is 48.5 Å². The van der Waals surface area contributed by atoms with Gasteiger partial charge in [0.2, 0.25) is 0 Å². The second-order valence-electron chi connectivity index (χ2n) is 5.88. The van der Waals surface area contributed by atoms with Gasteiger partial charge in [0, 0.05) is 13.6 Å². The SMILES string of the molecule is CN=C(NCCOc1ccc(OC)cc1)NCc1ccc(-n2cncn2)cc1. The van der Waals surface area contributed by atoms with Gasteiger partial charge in [0.15, 0.2) is 5.96 Å². The molecular formula is C20H24N6O2. The van der Waals surface area contributed by atoms with Crippen LogP contribution < -0.4 is 20.1 Å². The summed E-state index contributed by atoms with van der Waals surface area (Å²) >= 11 is 0. The van der Waals surface area contributed by atoms with Gasteiger partial charge in [-0.15, -0.1) is 0 Å². The number of aromatic nitrogens is 3. The van der Waals surface area contributed by atoms with Crippen molar-refractivity contribution in [2.24, 2.45) is 4.99 Å². The van der Waals surface area contributed by atoms with E-state index in [2.05, 4.69) is 25.7 Å². The highest BCUT2D eigenvalue weighted by atomic mass is 16.5. The van der Waals surface area contributed by atoms with Crippen molar-refractivity contribution in [2.75, 3.05) is 27.3 Å². The number of nitrogens with one attached hydrogen (secondary N) is 2. The highest BCUT2D eigenvalue weighted by Crippen LogP contribution is 2.16. The minimum Gasteiger partial charge on any atom is -0.497 e. The second kappa shape index (κ2) is 9.96. The van der Waals surface area contributed by atoms with E-state index in [1.165, 1.54) is 6.33 Å². The largest absolute Gasteiger partial charge is 0.497 e. The third-order valence-electron chi connectivity index (χ3n) is 4.03. The van der Waals surface area contributed by atoms with Crippen molar-refractivity contribution >= 4 is 5.96 Å². The van der Waals surface area contributed by atoms with Crippen LogP contribution in [0.4, 0.5) is 0 Å². The first kappa shape index (κ1) is 19.2. The molecule has 8 heteroatoms. The molecule has 2 aromatic carbocycles. The molecule has 0 aliphatic carbocycles. The third kappa shape index (κ3) is 5.47. The van der Waals surface area contributed by atoms with Gasteiger partial charge >= 0.3 is 0 Å². The topological polar surface area (TPSA) is 85.6 Å². The summed E-state index contributed by atoms with van der Waals surface area (Å²) in [5.74, 6) is 2.33. The quantitative estimate of drug-likeness (QED) is 0.353. The fourth-order valence-corrected chi connectivity index (χ4v) is 2.52. The van der Waals surface area contributed by atoms with E-state index in [4.69, 9.17) is 9.47 Å². The van der Waals surface area contributed by atoms with Crippen LogP contribution in [0.15, 0.2) is 66.2 Å². The molecule has 0 radical (unpaired) electrons. The lowest BCUT2D eigenvalue weighted by atomic mass is 10.2. The summed E-state index contributed by atoms with van der Waals surface area (Å²) in [5.41, 5.74) is 2.11. The average Bonchev–Trinajstić information content (AvgIpc) is 3.29. The number of rotatable bonds is 8. The van der Waals surface area contributed by atoms with Crippen LogP contribution in [0.5, 0.6) is 11.5 Å². The number of hydrogen-bond acceptors (Lipinski definition) is 5. The smallest absolute Gasteiger partial charge is 0.191 e. The number of guanidine groups is 1. The number of methoxy groups -OCH3 is 1. The van der Waals surface area contributed by atoms with Gasteiger partial charge in [0.1, 0.15) is 30.8 Å². The minimum atomic E-state index is 0.527. The molecule has 0 aliphatic heterocycles. The molecule has 0 bridgehead atoms. The van der Waals surface area contributed by atoms with Gasteiger partial charge in [0.25, 0.3) is 0 Å². The van der Waals surface area contributed by atoms with Crippen molar-refractivity contribution < 1.29 is 9.47 Å². The molecule has 28 heavy (non-hydrogen) atoms. The van der Waals surface area contributed by atoms with Crippen LogP contribution in [0.3, 0.4) is 0 Å². The summed E-state index contributed by atoms with van der Waals surface area (Å²) in [4.78, 5) is 8.18. The molecule has 0 fully saturated rings. The van der Waals surface area contributed by atoms with Crippen molar-refractivity contribution in [2.45, 2.75) is 6.54 Å². The Morgan fingerprint density at radius 2 is 1.79 bits per heavy atom. The van der Waals surface area contributed by atoms with Crippen molar-refractivity contribution in [3.63, 3.8) is 0 Å². The third-order valence-corrected chi connectivity index (χ3v) is 4.03. The van der Waals surface area contributed by atoms with Crippen LogP contribution in [0, 0.1) is 0 Å². The maximum Gasteiger partial charge on any atom is 0.191 e. The van der Waals surface area contributed by atoms with E-state index in [-0.39, 0.29) is 0 Å². The van der Waals surface area contributed by atoms with Crippen LogP contribution in [0.25, 0.3) is 5.69 Å². The molecule has 2 N–H and O–H groups in total. The molecule has 0 aliphatic rings. The molecule has 8 nitrogen and oxygen atoms in total. The van der Waals surface area contributed by atoms with Gasteiger partial charge in [-0.25, -0.2) is 9.67 Å². The molecule has 0 saturated heterocycles. The molecule has 146 valence electrons. The van der Waals surface area contributed by atoms with E-state index in [1.54, 1.807) is 25.2 Å². The Kier molecular flexibility index (Phi) is 6.84. The molecule has 0 saturated carbocycles. The lowest BCUT2D eigenvalue weighted by Crippen LogP contribution is -2.38. The molecule has 3 aromatic rings. The van der Waals surface area contributed by atoms with Crippen LogP contribution in [0.1, 0.15) is 5.56 Å². The van der Waals surface area contributed by atoms with E-state index < -0.39 is 0 Å². The van der Waals surface area contributed by atoms with Gasteiger partial charge in [-0.05, 0) is 42.0 Å². The first-order valence-electron chi connectivity index (χ1n) is 8.94. The van der Waals surface area contributed by atoms with Gasteiger partial charge in [-0.2, -0.15) is 5.10 Å². The van der Waals surface area contributed by atoms with Crippen LogP contribution in [-0.2, 0) is 6.54 Å². The number of nitrogens with zero attached hydrogens (tertiary/aromatic N) is 4. The number of aliphatic imine (C=N–C) groups is 1. The Morgan fingerprint density at radius 1 is 1.04 bits per heavy atom. The molecule has 1 aromatic heterocycles. The zero-order valence-corrected chi connectivity index (χ0v) is 16.0. The summed E-state index contributed by atoms with van der Waals surface area (Å²) in [6, 6.07) is 15.6. The fraction of sp³-hybridized carbons (Fsp3) is 0.250. The maximum absolute atomic E-state index is 5.70. The van der Waals surface area contributed by atoms with Crippen LogP contribution >= 0.6 is 0 Å². The molecule has 0 amide bonds. The number of benzene rings is 2. The van der Waals surface area contributed by atoms with Gasteiger partial charge in [-0.3, -0.25) is 4.99 Å². The number of ether oxygens (including phenoxy) is 2. The van der Waals surface area contributed by atoms with Crippen LogP contribution in [-0.4, -0.2) is 48.0 Å². The minimum absolute atomic E-state index is 0.527. The lowest BCUT2D eigenvalue weighted by Gasteiger charge is -2.13. The summed E-state index contributed by atoms with van der Waals surface area (Å²) < 4.78 is 12.6. The Labute approximate surface area is 164 Å². The van der Waals surface area contributed by atoms with Gasteiger partial charge in [-0.1, -0.05) is 12.1 Å². The van der Waals surface area contributed by atoms with Crippen molar-refractivity contribution in [3.8, 4) is 17.2 Å². The monoisotopic (exact) mass is 380 g/mol. The normalized spacial score (nSPS) is 11.1. The highest BCUT2D eigenvalue weighted by molar-refractivity contribution is 5.79. The summed E-state index contributed by atoms with van der Waals surface area (Å²) in [7, 11) is 3.39.